The third-order valence-corrected chi connectivity index (χ3v) is 2.75. The molecule has 0 heterocycles. The molecule has 0 aliphatic heterocycles. The van der Waals surface area contributed by atoms with Crippen LogP contribution in [0.4, 0.5) is 0 Å². The zero-order valence-electron chi connectivity index (χ0n) is 7.74. The van der Waals surface area contributed by atoms with E-state index < -0.39 is 7.60 Å². The molecule has 0 unspecified atom stereocenters. The van der Waals surface area contributed by atoms with Crippen molar-refractivity contribution in [1.29, 1.82) is 5.26 Å². The molecular formula is C6H12NNaO3P. The molecule has 0 spiro atoms. The van der Waals surface area contributed by atoms with Crippen LogP contribution in [0.2, 0.25) is 0 Å². The molecule has 0 amide bonds. The Hall–Kier alpha value is 0.640. The van der Waals surface area contributed by atoms with E-state index in [0.717, 1.165) is 0 Å². The summed E-state index contributed by atoms with van der Waals surface area (Å²) in [5.74, 6) is 0. The fourth-order valence-corrected chi connectivity index (χ4v) is 1.83. The van der Waals surface area contributed by atoms with Crippen LogP contribution < -0.4 is 0 Å². The number of rotatable bonds is 5. The fraction of sp³-hybridized carbons (Fsp3) is 0.833. The van der Waals surface area contributed by atoms with Crippen molar-refractivity contribution in [1.82, 2.24) is 0 Å². The van der Waals surface area contributed by atoms with Gasteiger partial charge in [-0.05, 0) is 13.8 Å². The summed E-state index contributed by atoms with van der Waals surface area (Å²) in [4.78, 5) is 0. The Morgan fingerprint density at radius 3 is 2.00 bits per heavy atom. The van der Waals surface area contributed by atoms with Gasteiger partial charge in [0.25, 0.3) is 0 Å². The van der Waals surface area contributed by atoms with Crippen molar-refractivity contribution < 1.29 is 13.6 Å². The van der Waals surface area contributed by atoms with Gasteiger partial charge in [0, 0.05) is 29.6 Å². The van der Waals surface area contributed by atoms with Crippen molar-refractivity contribution in [3.8, 4) is 6.07 Å². The Morgan fingerprint density at radius 2 is 1.75 bits per heavy atom. The van der Waals surface area contributed by atoms with Gasteiger partial charge in [-0.25, -0.2) is 0 Å². The molecule has 4 nitrogen and oxygen atoms in total. The molecule has 0 saturated heterocycles. The molecule has 0 rings (SSSR count). The third kappa shape index (κ3) is 6.19. The summed E-state index contributed by atoms with van der Waals surface area (Å²) < 4.78 is 21.0. The summed E-state index contributed by atoms with van der Waals surface area (Å²) in [6, 6.07) is 1.76. The number of nitriles is 1. The topological polar surface area (TPSA) is 59.3 Å². The maximum absolute atomic E-state index is 11.3. The molecule has 6 heteroatoms. The summed E-state index contributed by atoms with van der Waals surface area (Å²) in [5.41, 5.74) is 0. The van der Waals surface area contributed by atoms with Gasteiger partial charge < -0.3 is 9.05 Å². The minimum Gasteiger partial charge on any atom is -0.308 e. The summed E-state index contributed by atoms with van der Waals surface area (Å²) >= 11 is 0. The van der Waals surface area contributed by atoms with Gasteiger partial charge in [0.1, 0.15) is 6.16 Å². The van der Waals surface area contributed by atoms with E-state index in [4.69, 9.17) is 14.3 Å². The molecule has 0 aromatic heterocycles. The molecule has 0 bridgehead atoms. The molecule has 0 aromatic carbocycles. The Kier molecular flexibility index (Phi) is 10.4. The van der Waals surface area contributed by atoms with Gasteiger partial charge in [0.15, 0.2) is 0 Å². The second-order valence-corrected chi connectivity index (χ2v) is 3.82. The van der Waals surface area contributed by atoms with Crippen LogP contribution in [0.15, 0.2) is 0 Å². The van der Waals surface area contributed by atoms with Gasteiger partial charge in [-0.1, -0.05) is 0 Å². The van der Waals surface area contributed by atoms with Crippen LogP contribution in [-0.4, -0.2) is 48.9 Å². The first-order chi connectivity index (χ1) is 5.18. The van der Waals surface area contributed by atoms with Gasteiger partial charge in [-0.15, -0.1) is 0 Å². The van der Waals surface area contributed by atoms with Crippen molar-refractivity contribution in [3.05, 3.63) is 0 Å². The minimum absolute atomic E-state index is 0. The maximum Gasteiger partial charge on any atom is 0.344 e. The minimum atomic E-state index is -3.08. The average Bonchev–Trinajstić information content (AvgIpc) is 1.88. The van der Waals surface area contributed by atoms with Crippen molar-refractivity contribution in [2.24, 2.45) is 0 Å². The van der Waals surface area contributed by atoms with E-state index in [1.54, 1.807) is 19.9 Å². The number of hydrogen-bond acceptors (Lipinski definition) is 4. The predicted octanol–water partition coefficient (Wildman–Crippen LogP) is 1.40. The van der Waals surface area contributed by atoms with Gasteiger partial charge in [0.2, 0.25) is 0 Å². The molecule has 1 radical (unpaired) electrons. The van der Waals surface area contributed by atoms with Crippen LogP contribution in [0.3, 0.4) is 0 Å². The number of nitrogens with zero attached hydrogens (tertiary/aromatic N) is 1. The molecule has 0 saturated carbocycles. The van der Waals surface area contributed by atoms with Crippen molar-refractivity contribution in [2.75, 3.05) is 19.4 Å². The molecule has 0 atom stereocenters. The SMILES string of the molecule is CCOP(=O)(CC#N)OCC.[Na]. The van der Waals surface area contributed by atoms with Crippen LogP contribution >= 0.6 is 7.60 Å². The largest absolute Gasteiger partial charge is 0.344 e. The number of hydrogen-bond donors (Lipinski definition) is 0. The predicted molar refractivity (Wildman–Crippen MR) is 47.1 cm³/mol. The summed E-state index contributed by atoms with van der Waals surface area (Å²) in [6.07, 6.45) is -0.172. The van der Waals surface area contributed by atoms with E-state index in [1.165, 1.54) is 0 Å². The Balaban J connectivity index is 0. The smallest absolute Gasteiger partial charge is 0.308 e. The monoisotopic (exact) mass is 200 g/mol. The van der Waals surface area contributed by atoms with E-state index in [0.29, 0.717) is 13.2 Å². The van der Waals surface area contributed by atoms with E-state index in [1.807, 2.05) is 0 Å². The third-order valence-electron chi connectivity index (χ3n) is 0.916. The van der Waals surface area contributed by atoms with Crippen molar-refractivity contribution in [3.63, 3.8) is 0 Å². The molecule has 0 N–H and O–H groups in total. The van der Waals surface area contributed by atoms with E-state index in [2.05, 4.69) is 0 Å². The molecule has 0 aliphatic carbocycles. The van der Waals surface area contributed by atoms with Crippen molar-refractivity contribution in [2.45, 2.75) is 13.8 Å². The van der Waals surface area contributed by atoms with Gasteiger partial charge in [-0.2, -0.15) is 5.26 Å². The molecule has 0 aromatic rings. The fourth-order valence-electron chi connectivity index (χ4n) is 0.609. The summed E-state index contributed by atoms with van der Waals surface area (Å²) in [6.45, 7) is 4.03. The van der Waals surface area contributed by atoms with Crippen LogP contribution in [0.5, 0.6) is 0 Å². The standard InChI is InChI=1S/C6H12NO3P.Na/c1-3-9-11(8,6-5-7)10-4-2;/h3-4,6H2,1-2H3;. The molecule has 12 heavy (non-hydrogen) atoms. The average molecular weight is 200 g/mol. The second-order valence-electron chi connectivity index (χ2n) is 1.76. The summed E-state index contributed by atoms with van der Waals surface area (Å²) in [5, 5.41) is 8.27. The first-order valence-corrected chi connectivity index (χ1v) is 5.16. The van der Waals surface area contributed by atoms with E-state index in [-0.39, 0.29) is 35.7 Å². The summed E-state index contributed by atoms with van der Waals surface area (Å²) in [7, 11) is -3.08. The van der Waals surface area contributed by atoms with E-state index in [9.17, 15) is 4.57 Å². The zero-order chi connectivity index (χ0) is 8.74. The van der Waals surface area contributed by atoms with Crippen molar-refractivity contribution >= 4 is 37.2 Å². The van der Waals surface area contributed by atoms with Gasteiger partial charge in [0.05, 0.1) is 19.3 Å². The first kappa shape index (κ1) is 15.1. The first-order valence-electron chi connectivity index (χ1n) is 3.43. The molecular weight excluding hydrogens is 188 g/mol. The van der Waals surface area contributed by atoms with Gasteiger partial charge >= 0.3 is 7.60 Å². The van der Waals surface area contributed by atoms with Crippen LogP contribution in [0.1, 0.15) is 13.8 Å². The van der Waals surface area contributed by atoms with Gasteiger partial charge in [-0.3, -0.25) is 4.57 Å². The zero-order valence-corrected chi connectivity index (χ0v) is 10.6. The second kappa shape index (κ2) is 8.25. The molecule has 65 valence electrons. The van der Waals surface area contributed by atoms with Crippen LogP contribution in [0, 0.1) is 11.3 Å². The Morgan fingerprint density at radius 1 is 1.33 bits per heavy atom. The van der Waals surface area contributed by atoms with Crippen LogP contribution in [0.25, 0.3) is 0 Å². The van der Waals surface area contributed by atoms with E-state index >= 15 is 0 Å². The van der Waals surface area contributed by atoms with Crippen LogP contribution in [-0.2, 0) is 13.6 Å². The maximum atomic E-state index is 11.3. The molecule has 0 fully saturated rings. The Labute approximate surface area is 95.1 Å². The normalized spacial score (nSPS) is 10.1. The quantitative estimate of drug-likeness (QED) is 0.497. The molecule has 0 aliphatic rings. The Bertz CT molecular complexity index is 182.